The molecule has 2 N–H and O–H groups in total. The van der Waals surface area contributed by atoms with Crippen molar-refractivity contribution in [3.05, 3.63) is 12.2 Å². The summed E-state index contributed by atoms with van der Waals surface area (Å²) in [4.78, 5) is 0. The van der Waals surface area contributed by atoms with E-state index in [0.717, 1.165) is 19.4 Å². The molecule has 0 aliphatic carbocycles. The molecule has 1 atom stereocenters. The number of hydrogen-bond donors (Lipinski definition) is 2. The highest BCUT2D eigenvalue weighted by molar-refractivity contribution is 4.90. The lowest BCUT2D eigenvalue weighted by atomic mass is 10.00. The maximum Gasteiger partial charge on any atom is 0.0610 e. The quantitative estimate of drug-likeness (QED) is 0.596. The average Bonchev–Trinajstić information content (AvgIpc) is 2.03. The molecular weight excluding hydrogens is 150 g/mol. The van der Waals surface area contributed by atoms with Gasteiger partial charge in [0, 0.05) is 5.54 Å². The monoisotopic (exact) mass is 171 g/mol. The Morgan fingerprint density at radius 2 is 2.17 bits per heavy atom. The molecule has 0 aliphatic heterocycles. The Hall–Kier alpha value is -0.340. The smallest absolute Gasteiger partial charge is 0.0610 e. The van der Waals surface area contributed by atoms with Crippen molar-refractivity contribution in [3.63, 3.8) is 0 Å². The van der Waals surface area contributed by atoms with Gasteiger partial charge in [-0.05, 0) is 33.2 Å². The molecule has 0 amide bonds. The Kier molecular flexibility index (Phi) is 5.18. The fourth-order valence-electron chi connectivity index (χ4n) is 0.870. The lowest BCUT2D eigenvalue weighted by Crippen LogP contribution is -2.45. The Morgan fingerprint density at radius 3 is 2.50 bits per heavy atom. The molecule has 0 aromatic rings. The molecule has 0 saturated carbocycles. The number of aliphatic hydroxyl groups is 1. The summed E-state index contributed by atoms with van der Waals surface area (Å²) >= 11 is 0. The van der Waals surface area contributed by atoms with Crippen molar-refractivity contribution in [3.8, 4) is 0 Å². The molecule has 0 spiro atoms. The van der Waals surface area contributed by atoms with Crippen LogP contribution in [0, 0.1) is 0 Å². The zero-order valence-electron chi connectivity index (χ0n) is 8.48. The van der Waals surface area contributed by atoms with Gasteiger partial charge in [0.05, 0.1) is 6.61 Å². The van der Waals surface area contributed by atoms with Crippen molar-refractivity contribution in [1.82, 2.24) is 5.32 Å². The third-order valence-electron chi connectivity index (χ3n) is 2.23. The number of rotatable bonds is 6. The molecule has 0 aliphatic rings. The summed E-state index contributed by atoms with van der Waals surface area (Å²) in [5, 5.41) is 12.4. The van der Waals surface area contributed by atoms with Gasteiger partial charge >= 0.3 is 0 Å². The van der Waals surface area contributed by atoms with Crippen molar-refractivity contribution in [1.29, 1.82) is 0 Å². The van der Waals surface area contributed by atoms with E-state index in [4.69, 9.17) is 5.11 Å². The maximum absolute atomic E-state index is 9.07. The molecule has 72 valence electrons. The van der Waals surface area contributed by atoms with Gasteiger partial charge in [0.25, 0.3) is 0 Å². The summed E-state index contributed by atoms with van der Waals surface area (Å²) < 4.78 is 0. The molecule has 1 unspecified atom stereocenters. The molecule has 2 nitrogen and oxygen atoms in total. The second-order valence-electron chi connectivity index (χ2n) is 3.71. The van der Waals surface area contributed by atoms with E-state index in [9.17, 15) is 0 Å². The van der Waals surface area contributed by atoms with Crippen molar-refractivity contribution >= 4 is 0 Å². The van der Waals surface area contributed by atoms with Crippen molar-refractivity contribution in [2.75, 3.05) is 13.2 Å². The zero-order chi connectivity index (χ0) is 9.61. The third-order valence-corrected chi connectivity index (χ3v) is 2.23. The molecule has 0 aromatic carbocycles. The molecule has 0 rings (SSSR count). The van der Waals surface area contributed by atoms with Gasteiger partial charge in [0.1, 0.15) is 0 Å². The van der Waals surface area contributed by atoms with Gasteiger partial charge in [-0.25, -0.2) is 0 Å². The predicted molar refractivity (Wildman–Crippen MR) is 53.2 cm³/mol. The summed E-state index contributed by atoms with van der Waals surface area (Å²) in [6, 6.07) is 0. The van der Waals surface area contributed by atoms with Crippen LogP contribution in [0.15, 0.2) is 12.2 Å². The van der Waals surface area contributed by atoms with Gasteiger partial charge < -0.3 is 10.4 Å². The van der Waals surface area contributed by atoms with E-state index < -0.39 is 0 Å². The van der Waals surface area contributed by atoms with E-state index in [1.54, 1.807) is 0 Å². The molecule has 0 bridgehead atoms. The SMILES string of the molecule is C=C(C)CCNC(C)(CC)CO. The number of hydrogen-bond acceptors (Lipinski definition) is 2. The van der Waals surface area contributed by atoms with Crippen molar-refractivity contribution in [2.45, 2.75) is 39.2 Å². The van der Waals surface area contributed by atoms with E-state index in [1.807, 2.05) is 13.8 Å². The molecule has 0 saturated heterocycles. The molecule has 12 heavy (non-hydrogen) atoms. The Labute approximate surface area is 75.7 Å². The first kappa shape index (κ1) is 11.7. The standard InChI is InChI=1S/C10H21NO/c1-5-10(4,8-12)11-7-6-9(2)3/h11-12H,2,5-8H2,1,3-4H3. The molecule has 0 fully saturated rings. The molecule has 0 aromatic heterocycles. The normalized spacial score (nSPS) is 15.7. The topological polar surface area (TPSA) is 32.3 Å². The van der Waals surface area contributed by atoms with Crippen LogP contribution < -0.4 is 5.32 Å². The molecular formula is C10H21NO. The van der Waals surface area contributed by atoms with E-state index in [2.05, 4.69) is 18.8 Å². The summed E-state index contributed by atoms with van der Waals surface area (Å²) in [6.45, 7) is 11.0. The first-order valence-electron chi connectivity index (χ1n) is 4.54. The molecule has 0 radical (unpaired) electrons. The lowest BCUT2D eigenvalue weighted by molar-refractivity contribution is 0.171. The third kappa shape index (κ3) is 4.52. The Bertz CT molecular complexity index is 139. The van der Waals surface area contributed by atoms with Crippen LogP contribution in [0.1, 0.15) is 33.6 Å². The fraction of sp³-hybridized carbons (Fsp3) is 0.800. The van der Waals surface area contributed by atoms with Crippen molar-refractivity contribution in [2.24, 2.45) is 0 Å². The largest absolute Gasteiger partial charge is 0.394 e. The minimum absolute atomic E-state index is 0.116. The van der Waals surface area contributed by atoms with Crippen molar-refractivity contribution < 1.29 is 5.11 Å². The van der Waals surface area contributed by atoms with Gasteiger partial charge in [-0.15, -0.1) is 6.58 Å². The van der Waals surface area contributed by atoms with Crippen LogP contribution >= 0.6 is 0 Å². The zero-order valence-corrected chi connectivity index (χ0v) is 8.48. The van der Waals surface area contributed by atoms with Gasteiger partial charge in [0.2, 0.25) is 0 Å². The Balaban J connectivity index is 3.65. The highest BCUT2D eigenvalue weighted by atomic mass is 16.3. The average molecular weight is 171 g/mol. The first-order valence-corrected chi connectivity index (χ1v) is 4.54. The first-order chi connectivity index (χ1) is 5.54. The summed E-state index contributed by atoms with van der Waals surface area (Å²) in [5.41, 5.74) is 1.06. The van der Waals surface area contributed by atoms with Crippen LogP contribution in [-0.4, -0.2) is 23.8 Å². The van der Waals surface area contributed by atoms with Gasteiger partial charge in [-0.2, -0.15) is 0 Å². The maximum atomic E-state index is 9.07. The van der Waals surface area contributed by atoms with Gasteiger partial charge in [0.15, 0.2) is 0 Å². The van der Waals surface area contributed by atoms with Crippen LogP contribution in [0.3, 0.4) is 0 Å². The van der Waals surface area contributed by atoms with Crippen LogP contribution in [0.5, 0.6) is 0 Å². The number of aliphatic hydroxyl groups excluding tert-OH is 1. The fourth-order valence-corrected chi connectivity index (χ4v) is 0.870. The van der Waals surface area contributed by atoms with E-state index in [0.29, 0.717) is 0 Å². The minimum atomic E-state index is -0.116. The minimum Gasteiger partial charge on any atom is -0.394 e. The van der Waals surface area contributed by atoms with Crippen LogP contribution in [0.4, 0.5) is 0 Å². The van der Waals surface area contributed by atoms with Crippen LogP contribution in [-0.2, 0) is 0 Å². The Morgan fingerprint density at radius 1 is 1.58 bits per heavy atom. The van der Waals surface area contributed by atoms with Gasteiger partial charge in [-0.3, -0.25) is 0 Å². The van der Waals surface area contributed by atoms with E-state index in [1.165, 1.54) is 5.57 Å². The van der Waals surface area contributed by atoms with Gasteiger partial charge in [-0.1, -0.05) is 12.5 Å². The summed E-state index contributed by atoms with van der Waals surface area (Å²) in [7, 11) is 0. The number of nitrogens with one attached hydrogen (secondary N) is 1. The summed E-state index contributed by atoms with van der Waals surface area (Å²) in [5.74, 6) is 0. The second kappa shape index (κ2) is 5.33. The lowest BCUT2D eigenvalue weighted by Gasteiger charge is -2.27. The highest BCUT2D eigenvalue weighted by Gasteiger charge is 2.18. The highest BCUT2D eigenvalue weighted by Crippen LogP contribution is 2.07. The molecule has 0 heterocycles. The molecule has 2 heteroatoms. The predicted octanol–water partition coefficient (Wildman–Crippen LogP) is 1.70. The van der Waals surface area contributed by atoms with E-state index in [-0.39, 0.29) is 12.1 Å². The second-order valence-corrected chi connectivity index (χ2v) is 3.71. The van der Waals surface area contributed by atoms with Crippen LogP contribution in [0.2, 0.25) is 0 Å². The van der Waals surface area contributed by atoms with Crippen LogP contribution in [0.25, 0.3) is 0 Å². The van der Waals surface area contributed by atoms with E-state index >= 15 is 0 Å². The summed E-state index contributed by atoms with van der Waals surface area (Å²) in [6.07, 6.45) is 1.93.